The van der Waals surface area contributed by atoms with Gasteiger partial charge in [0.25, 0.3) is 0 Å². The largest absolute Gasteiger partial charge is 0.467 e. The number of nitrogens with zero attached hydrogens (tertiary/aromatic N) is 2. The second-order valence-corrected chi connectivity index (χ2v) is 9.32. The summed E-state index contributed by atoms with van der Waals surface area (Å²) in [6.45, 7) is 1.30. The number of anilines is 1. The SMILES string of the molecule is O=C(CN(CC1CCCO1)C(=O)Nc1ccc(Br)cc1)N(Cc1ccc(F)cc1)Cc1ccco1. The van der Waals surface area contributed by atoms with Gasteiger partial charge in [0, 0.05) is 29.9 Å². The highest BCUT2D eigenvalue weighted by atomic mass is 79.9. The number of furan rings is 1. The molecule has 7 nitrogen and oxygen atoms in total. The van der Waals surface area contributed by atoms with E-state index in [1.807, 2.05) is 12.1 Å². The van der Waals surface area contributed by atoms with Gasteiger partial charge in [0.15, 0.2) is 0 Å². The van der Waals surface area contributed by atoms with E-state index in [1.165, 1.54) is 17.0 Å². The Balaban J connectivity index is 1.50. The first-order valence-electron chi connectivity index (χ1n) is 11.4. The molecule has 0 saturated carbocycles. The molecule has 0 radical (unpaired) electrons. The Labute approximate surface area is 212 Å². The van der Waals surface area contributed by atoms with Crippen LogP contribution in [0.2, 0.25) is 0 Å². The van der Waals surface area contributed by atoms with Crippen LogP contribution in [0.1, 0.15) is 24.2 Å². The maximum absolute atomic E-state index is 13.5. The average Bonchev–Trinajstić information content (AvgIpc) is 3.55. The van der Waals surface area contributed by atoms with E-state index in [0.29, 0.717) is 24.6 Å². The fourth-order valence-corrected chi connectivity index (χ4v) is 4.15. The first kappa shape index (κ1) is 24.9. The standard InChI is InChI=1S/C26H27BrFN3O4/c27-20-7-11-22(12-8-20)29-26(33)31(17-24-4-2-14-35-24)18-25(32)30(16-23-3-1-13-34-23)15-19-5-9-21(28)10-6-19/h1,3,5-13,24H,2,4,14-18H2,(H,29,33). The quantitative estimate of drug-likeness (QED) is 0.390. The number of nitrogens with one attached hydrogen (secondary N) is 1. The highest BCUT2D eigenvalue weighted by Gasteiger charge is 2.27. The predicted molar refractivity (Wildman–Crippen MR) is 133 cm³/mol. The Hall–Kier alpha value is -3.17. The summed E-state index contributed by atoms with van der Waals surface area (Å²) in [6, 6.07) is 16.4. The molecule has 0 aliphatic carbocycles. The summed E-state index contributed by atoms with van der Waals surface area (Å²) >= 11 is 3.38. The Morgan fingerprint density at radius 1 is 1.03 bits per heavy atom. The number of hydrogen-bond acceptors (Lipinski definition) is 4. The number of halogens is 2. The fraction of sp³-hybridized carbons (Fsp3) is 0.308. The molecule has 1 fully saturated rings. The van der Waals surface area contributed by atoms with Crippen LogP contribution in [0.5, 0.6) is 0 Å². The summed E-state index contributed by atoms with van der Waals surface area (Å²) in [5, 5.41) is 2.87. The number of benzene rings is 2. The van der Waals surface area contributed by atoms with Crippen molar-refractivity contribution in [3.05, 3.63) is 88.5 Å². The smallest absolute Gasteiger partial charge is 0.322 e. The molecule has 1 aliphatic heterocycles. The highest BCUT2D eigenvalue weighted by Crippen LogP contribution is 2.18. The number of carbonyl (C=O) groups is 2. The molecule has 4 rings (SSSR count). The maximum atomic E-state index is 13.5. The summed E-state index contributed by atoms with van der Waals surface area (Å²) in [5.74, 6) is 0.0187. The first-order chi connectivity index (χ1) is 17.0. The molecule has 0 spiro atoms. The van der Waals surface area contributed by atoms with Gasteiger partial charge in [-0.2, -0.15) is 0 Å². The summed E-state index contributed by atoms with van der Waals surface area (Å²) in [6.07, 6.45) is 3.19. The van der Waals surface area contributed by atoms with Crippen molar-refractivity contribution in [3.8, 4) is 0 Å². The molecule has 1 N–H and O–H groups in total. The lowest BCUT2D eigenvalue weighted by molar-refractivity contribution is -0.133. The fourth-order valence-electron chi connectivity index (χ4n) is 3.89. The molecule has 9 heteroatoms. The monoisotopic (exact) mass is 543 g/mol. The molecule has 35 heavy (non-hydrogen) atoms. The zero-order valence-corrected chi connectivity index (χ0v) is 20.7. The van der Waals surface area contributed by atoms with E-state index in [0.717, 1.165) is 22.9 Å². The van der Waals surface area contributed by atoms with Crippen molar-refractivity contribution in [3.63, 3.8) is 0 Å². The van der Waals surface area contributed by atoms with E-state index in [2.05, 4.69) is 21.2 Å². The number of urea groups is 1. The van der Waals surface area contributed by atoms with Crippen LogP contribution in [0, 0.1) is 5.82 Å². The zero-order valence-electron chi connectivity index (χ0n) is 19.2. The van der Waals surface area contributed by atoms with Crippen LogP contribution in [-0.4, -0.2) is 47.5 Å². The minimum absolute atomic E-state index is 0.117. The number of amides is 3. The molecular formula is C26H27BrFN3O4. The minimum atomic E-state index is -0.379. The molecule has 1 atom stereocenters. The maximum Gasteiger partial charge on any atom is 0.322 e. The molecule has 2 aromatic carbocycles. The molecule has 1 unspecified atom stereocenters. The molecule has 1 aliphatic rings. The summed E-state index contributed by atoms with van der Waals surface area (Å²) in [5.41, 5.74) is 1.40. The number of rotatable bonds is 9. The lowest BCUT2D eigenvalue weighted by Crippen LogP contribution is -2.46. The molecule has 3 aromatic rings. The lowest BCUT2D eigenvalue weighted by atomic mass is 10.2. The number of ether oxygens (including phenoxy) is 1. The normalized spacial score (nSPS) is 15.1. The van der Waals surface area contributed by atoms with Crippen molar-refractivity contribution in [2.45, 2.75) is 32.0 Å². The van der Waals surface area contributed by atoms with Crippen molar-refractivity contribution in [1.82, 2.24) is 9.80 Å². The van der Waals surface area contributed by atoms with E-state index < -0.39 is 0 Å². The predicted octanol–water partition coefficient (Wildman–Crippen LogP) is 5.42. The summed E-state index contributed by atoms with van der Waals surface area (Å²) in [4.78, 5) is 29.7. The van der Waals surface area contributed by atoms with Gasteiger partial charge in [-0.15, -0.1) is 0 Å². The van der Waals surface area contributed by atoms with Crippen LogP contribution in [0.25, 0.3) is 0 Å². The van der Waals surface area contributed by atoms with Gasteiger partial charge in [-0.3, -0.25) is 4.79 Å². The Bertz CT molecular complexity index is 1100. The minimum Gasteiger partial charge on any atom is -0.467 e. The van der Waals surface area contributed by atoms with Crippen LogP contribution < -0.4 is 5.32 Å². The third-order valence-corrected chi connectivity index (χ3v) is 6.25. The molecule has 184 valence electrons. The average molecular weight is 544 g/mol. The van der Waals surface area contributed by atoms with E-state index >= 15 is 0 Å². The van der Waals surface area contributed by atoms with Crippen LogP contribution in [0.4, 0.5) is 14.9 Å². The first-order valence-corrected chi connectivity index (χ1v) is 12.2. The molecule has 2 heterocycles. The molecule has 3 amide bonds. The Morgan fingerprint density at radius 3 is 2.46 bits per heavy atom. The molecule has 1 aromatic heterocycles. The van der Waals surface area contributed by atoms with Gasteiger partial charge in [-0.05, 0) is 66.9 Å². The topological polar surface area (TPSA) is 75.0 Å². The number of carbonyl (C=O) groups excluding carboxylic acids is 2. The third kappa shape index (κ3) is 7.40. The van der Waals surface area contributed by atoms with Gasteiger partial charge in [0.2, 0.25) is 5.91 Å². The molecule has 1 saturated heterocycles. The second-order valence-electron chi connectivity index (χ2n) is 8.41. The molecule has 0 bridgehead atoms. The van der Waals surface area contributed by atoms with Crippen LogP contribution >= 0.6 is 15.9 Å². The summed E-state index contributed by atoms with van der Waals surface area (Å²) < 4.78 is 25.5. The highest BCUT2D eigenvalue weighted by molar-refractivity contribution is 9.10. The van der Waals surface area contributed by atoms with Crippen molar-refractivity contribution < 1.29 is 23.1 Å². The lowest BCUT2D eigenvalue weighted by Gasteiger charge is -2.29. The Kier molecular flexibility index (Phi) is 8.54. The molecular weight excluding hydrogens is 517 g/mol. The Morgan fingerprint density at radius 2 is 1.80 bits per heavy atom. The van der Waals surface area contributed by atoms with Crippen molar-refractivity contribution in [2.24, 2.45) is 0 Å². The van der Waals surface area contributed by atoms with Crippen LogP contribution in [-0.2, 0) is 22.6 Å². The van der Waals surface area contributed by atoms with Gasteiger partial charge in [0.1, 0.15) is 18.1 Å². The van der Waals surface area contributed by atoms with E-state index in [-0.39, 0.29) is 43.5 Å². The number of hydrogen-bond donors (Lipinski definition) is 1. The van der Waals surface area contributed by atoms with Gasteiger partial charge < -0.3 is 24.3 Å². The van der Waals surface area contributed by atoms with Crippen LogP contribution in [0.15, 0.2) is 75.8 Å². The summed E-state index contributed by atoms with van der Waals surface area (Å²) in [7, 11) is 0. The van der Waals surface area contributed by atoms with Gasteiger partial charge in [-0.25, -0.2) is 9.18 Å². The van der Waals surface area contributed by atoms with Gasteiger partial charge in [-0.1, -0.05) is 28.1 Å². The van der Waals surface area contributed by atoms with Gasteiger partial charge >= 0.3 is 6.03 Å². The zero-order chi connectivity index (χ0) is 24.6. The van der Waals surface area contributed by atoms with E-state index in [1.54, 1.807) is 47.6 Å². The van der Waals surface area contributed by atoms with Crippen molar-refractivity contribution >= 4 is 33.6 Å². The third-order valence-electron chi connectivity index (χ3n) is 5.72. The second kappa shape index (κ2) is 12.0. The van der Waals surface area contributed by atoms with Gasteiger partial charge in [0.05, 0.1) is 18.9 Å². The van der Waals surface area contributed by atoms with E-state index in [4.69, 9.17) is 9.15 Å². The van der Waals surface area contributed by atoms with Crippen molar-refractivity contribution in [1.29, 1.82) is 0 Å². The van der Waals surface area contributed by atoms with Crippen LogP contribution in [0.3, 0.4) is 0 Å². The van der Waals surface area contributed by atoms with E-state index in [9.17, 15) is 14.0 Å². The van der Waals surface area contributed by atoms with Crippen molar-refractivity contribution in [2.75, 3.05) is 25.0 Å².